The molecule has 0 saturated carbocycles. The molecular formula is C10H10ClN. The molecule has 0 spiro atoms. The van der Waals surface area contributed by atoms with Crippen molar-refractivity contribution in [3.63, 3.8) is 0 Å². The topological polar surface area (TPSA) is 4.36 Å². The average molecular weight is 180 g/mol. The van der Waals surface area contributed by atoms with Gasteiger partial charge in [-0.1, -0.05) is 23.7 Å². The lowest BCUT2D eigenvalue weighted by Crippen LogP contribution is -2.10. The molecule has 2 heteroatoms. The highest BCUT2D eigenvalue weighted by atomic mass is 35.5. The van der Waals surface area contributed by atoms with Crippen LogP contribution in [-0.2, 0) is 5.54 Å². The highest BCUT2D eigenvalue weighted by molar-refractivity contribution is 6.30. The molecule has 0 bridgehead atoms. The molecule has 0 N–H and O–H groups in total. The molecule has 0 fully saturated rings. The third-order valence-corrected chi connectivity index (χ3v) is 2.05. The van der Waals surface area contributed by atoms with Crippen molar-refractivity contribution < 1.29 is 0 Å². The zero-order valence-electron chi connectivity index (χ0n) is 7.13. The van der Waals surface area contributed by atoms with Crippen molar-refractivity contribution in [2.75, 3.05) is 0 Å². The lowest BCUT2D eigenvalue weighted by molar-refractivity contribution is 0.664. The number of hydrogen-bond donors (Lipinski definition) is 0. The molecule has 0 saturated heterocycles. The van der Waals surface area contributed by atoms with Crippen molar-refractivity contribution in [1.82, 2.24) is 0 Å². The van der Waals surface area contributed by atoms with Gasteiger partial charge in [0.2, 0.25) is 0 Å². The minimum Gasteiger partial charge on any atom is -0.306 e. The van der Waals surface area contributed by atoms with Crippen LogP contribution in [0.3, 0.4) is 0 Å². The van der Waals surface area contributed by atoms with E-state index in [4.69, 9.17) is 18.2 Å². The van der Waals surface area contributed by atoms with E-state index >= 15 is 0 Å². The van der Waals surface area contributed by atoms with Crippen LogP contribution in [0, 0.1) is 6.57 Å². The Labute approximate surface area is 77.8 Å². The summed E-state index contributed by atoms with van der Waals surface area (Å²) < 4.78 is 0. The minimum atomic E-state index is -0.467. The number of rotatable bonds is 1. The lowest BCUT2D eigenvalue weighted by Gasteiger charge is -2.10. The normalized spacial score (nSPS) is 10.8. The molecular weight excluding hydrogens is 170 g/mol. The molecule has 0 unspecified atom stereocenters. The van der Waals surface area contributed by atoms with Crippen molar-refractivity contribution in [2.24, 2.45) is 0 Å². The second-order valence-electron chi connectivity index (χ2n) is 3.18. The van der Waals surface area contributed by atoms with Crippen molar-refractivity contribution in [3.05, 3.63) is 46.3 Å². The van der Waals surface area contributed by atoms with Crippen LogP contribution < -0.4 is 0 Å². The molecule has 0 aliphatic carbocycles. The van der Waals surface area contributed by atoms with Gasteiger partial charge in [-0.05, 0) is 12.1 Å². The predicted octanol–water partition coefficient (Wildman–Crippen LogP) is 3.49. The highest BCUT2D eigenvalue weighted by Gasteiger charge is 2.25. The van der Waals surface area contributed by atoms with Gasteiger partial charge in [-0.25, -0.2) is 6.57 Å². The Balaban J connectivity index is 3.14. The fourth-order valence-corrected chi connectivity index (χ4v) is 1.12. The molecule has 0 aliphatic rings. The molecule has 0 heterocycles. The Bertz CT molecular complexity index is 323. The van der Waals surface area contributed by atoms with Crippen LogP contribution in [0.2, 0.25) is 5.02 Å². The summed E-state index contributed by atoms with van der Waals surface area (Å²) in [6.07, 6.45) is 0. The Kier molecular flexibility index (Phi) is 2.40. The zero-order chi connectivity index (χ0) is 9.19. The molecule has 62 valence electrons. The Hall–Kier alpha value is -1.00. The third kappa shape index (κ3) is 1.78. The molecule has 1 aromatic rings. The van der Waals surface area contributed by atoms with Crippen molar-refractivity contribution >= 4 is 11.6 Å². The first-order valence-electron chi connectivity index (χ1n) is 3.71. The second-order valence-corrected chi connectivity index (χ2v) is 3.62. The summed E-state index contributed by atoms with van der Waals surface area (Å²) in [7, 11) is 0. The van der Waals surface area contributed by atoms with E-state index < -0.39 is 5.54 Å². The van der Waals surface area contributed by atoms with Gasteiger partial charge in [-0.15, -0.1) is 0 Å². The average Bonchev–Trinajstić information content (AvgIpc) is 2.05. The molecule has 0 amide bonds. The molecule has 0 aromatic heterocycles. The van der Waals surface area contributed by atoms with Gasteiger partial charge in [0.15, 0.2) is 0 Å². The summed E-state index contributed by atoms with van der Waals surface area (Å²) in [4.78, 5) is 3.52. The Morgan fingerprint density at radius 1 is 1.42 bits per heavy atom. The number of hydrogen-bond acceptors (Lipinski definition) is 0. The van der Waals surface area contributed by atoms with Crippen LogP contribution in [0.1, 0.15) is 19.4 Å². The van der Waals surface area contributed by atoms with Gasteiger partial charge in [0.25, 0.3) is 5.54 Å². The van der Waals surface area contributed by atoms with Crippen LogP contribution >= 0.6 is 11.6 Å². The van der Waals surface area contributed by atoms with E-state index in [1.54, 1.807) is 0 Å². The maximum atomic E-state index is 7.00. The van der Waals surface area contributed by atoms with Crippen LogP contribution in [0.15, 0.2) is 24.3 Å². The summed E-state index contributed by atoms with van der Waals surface area (Å²) in [5.41, 5.74) is 0.496. The van der Waals surface area contributed by atoms with Crippen molar-refractivity contribution in [2.45, 2.75) is 19.4 Å². The smallest absolute Gasteiger partial charge is 0.252 e. The van der Waals surface area contributed by atoms with Gasteiger partial charge in [0.1, 0.15) is 0 Å². The van der Waals surface area contributed by atoms with Gasteiger partial charge in [-0.3, -0.25) is 0 Å². The maximum Gasteiger partial charge on any atom is 0.252 e. The molecule has 1 aromatic carbocycles. The van der Waals surface area contributed by atoms with E-state index in [0.717, 1.165) is 5.56 Å². The first-order chi connectivity index (χ1) is 5.56. The number of nitrogens with zero attached hydrogens (tertiary/aromatic N) is 1. The van der Waals surface area contributed by atoms with Gasteiger partial charge >= 0.3 is 0 Å². The largest absolute Gasteiger partial charge is 0.306 e. The summed E-state index contributed by atoms with van der Waals surface area (Å²) >= 11 is 5.80. The van der Waals surface area contributed by atoms with E-state index in [0.29, 0.717) is 5.02 Å². The van der Waals surface area contributed by atoms with E-state index in [-0.39, 0.29) is 0 Å². The number of benzene rings is 1. The SMILES string of the molecule is [C-]#[N+]C(C)(C)c1cccc(Cl)c1. The predicted molar refractivity (Wildman–Crippen MR) is 51.1 cm³/mol. The fraction of sp³-hybridized carbons (Fsp3) is 0.300. The van der Waals surface area contributed by atoms with E-state index in [1.807, 2.05) is 38.1 Å². The van der Waals surface area contributed by atoms with Crippen molar-refractivity contribution in [1.29, 1.82) is 0 Å². The highest BCUT2D eigenvalue weighted by Crippen LogP contribution is 2.26. The first-order valence-corrected chi connectivity index (χ1v) is 4.09. The summed E-state index contributed by atoms with van der Waals surface area (Å²) in [6.45, 7) is 10.8. The molecule has 1 rings (SSSR count). The second kappa shape index (κ2) is 3.16. The monoisotopic (exact) mass is 179 g/mol. The molecule has 0 aliphatic heterocycles. The Morgan fingerprint density at radius 2 is 2.08 bits per heavy atom. The third-order valence-electron chi connectivity index (χ3n) is 1.81. The first kappa shape index (κ1) is 9.09. The Morgan fingerprint density at radius 3 is 2.58 bits per heavy atom. The summed E-state index contributed by atoms with van der Waals surface area (Å²) in [5.74, 6) is 0. The van der Waals surface area contributed by atoms with Gasteiger partial charge in [-0.2, -0.15) is 0 Å². The molecule has 0 atom stereocenters. The molecule has 1 nitrogen and oxygen atoms in total. The maximum absolute atomic E-state index is 7.00. The quantitative estimate of drug-likeness (QED) is 0.582. The van der Waals surface area contributed by atoms with Crippen LogP contribution in [-0.4, -0.2) is 0 Å². The number of halogens is 1. The van der Waals surface area contributed by atoms with E-state index in [9.17, 15) is 0 Å². The zero-order valence-corrected chi connectivity index (χ0v) is 7.89. The van der Waals surface area contributed by atoms with Gasteiger partial charge < -0.3 is 4.85 Å². The fourth-order valence-electron chi connectivity index (χ4n) is 0.934. The van der Waals surface area contributed by atoms with Crippen LogP contribution in [0.4, 0.5) is 0 Å². The van der Waals surface area contributed by atoms with Crippen LogP contribution in [0.25, 0.3) is 4.85 Å². The van der Waals surface area contributed by atoms with Gasteiger partial charge in [0.05, 0.1) is 0 Å². The van der Waals surface area contributed by atoms with Gasteiger partial charge in [0, 0.05) is 24.4 Å². The van der Waals surface area contributed by atoms with Crippen LogP contribution in [0.5, 0.6) is 0 Å². The standard InChI is InChI=1S/C10H10ClN/c1-10(2,12-3)8-5-4-6-9(11)7-8/h4-7H,1-2H3. The van der Waals surface area contributed by atoms with E-state index in [1.165, 1.54) is 0 Å². The molecule has 12 heavy (non-hydrogen) atoms. The van der Waals surface area contributed by atoms with E-state index in [2.05, 4.69) is 4.85 Å². The molecule has 0 radical (unpaired) electrons. The minimum absolute atomic E-state index is 0.467. The van der Waals surface area contributed by atoms with Crippen molar-refractivity contribution in [3.8, 4) is 0 Å². The summed E-state index contributed by atoms with van der Waals surface area (Å²) in [6, 6.07) is 7.43. The lowest BCUT2D eigenvalue weighted by atomic mass is 9.96. The summed E-state index contributed by atoms with van der Waals surface area (Å²) in [5, 5.41) is 0.684.